The zero-order valence-corrected chi connectivity index (χ0v) is 17.2. The van der Waals surface area contributed by atoms with Crippen molar-refractivity contribution < 1.29 is 4.79 Å². The third-order valence-corrected chi connectivity index (χ3v) is 6.38. The predicted octanol–water partition coefficient (Wildman–Crippen LogP) is 3.73. The molecule has 0 fully saturated rings. The number of anilines is 1. The van der Waals surface area contributed by atoms with Crippen molar-refractivity contribution in [3.05, 3.63) is 64.2 Å². The van der Waals surface area contributed by atoms with Crippen LogP contribution in [0, 0.1) is 0 Å². The van der Waals surface area contributed by atoms with Crippen LogP contribution >= 0.6 is 11.3 Å². The minimum Gasteiger partial charge on any atom is -0.299 e. The maximum absolute atomic E-state index is 12.9. The Labute approximate surface area is 173 Å². The topological polar surface area (TPSA) is 68.1 Å². The first-order valence-corrected chi connectivity index (χ1v) is 10.8. The summed E-state index contributed by atoms with van der Waals surface area (Å²) in [6.45, 7) is 4.69. The Bertz CT molecular complexity index is 1080. The monoisotopic (exact) mass is 408 g/mol. The number of aromatic nitrogens is 3. The predicted molar refractivity (Wildman–Crippen MR) is 117 cm³/mol. The number of para-hydroxylation sites is 1. The lowest BCUT2D eigenvalue weighted by Gasteiger charge is -2.18. The standard InChI is InChI=1S/C22H24N4O2S/c1-2-13-26(22-24-18-10-5-6-11-19(18)29-22)20(27)12-7-14-25-15-23-17-9-4-3-8-16(17)21(25)28/h2-4,8-9,15H,1,5-7,10-14H2. The fraction of sp³-hybridized carbons (Fsp3) is 0.364. The zero-order chi connectivity index (χ0) is 20.2. The highest BCUT2D eigenvalue weighted by Crippen LogP contribution is 2.32. The maximum atomic E-state index is 12.9. The number of carbonyl (C=O) groups is 1. The largest absolute Gasteiger partial charge is 0.299 e. The minimum atomic E-state index is -0.0707. The van der Waals surface area contributed by atoms with Crippen LogP contribution < -0.4 is 10.5 Å². The third kappa shape index (κ3) is 4.15. The molecule has 7 heteroatoms. The summed E-state index contributed by atoms with van der Waals surface area (Å²) in [6.07, 6.45) is 8.62. The molecule has 0 N–H and O–H groups in total. The first-order valence-electron chi connectivity index (χ1n) is 10.0. The SMILES string of the molecule is C=CCN(C(=O)CCCn1cnc2ccccc2c1=O)c1nc2c(s1)CCCC2. The van der Waals surface area contributed by atoms with Crippen LogP contribution in [0.2, 0.25) is 0 Å². The van der Waals surface area contributed by atoms with Gasteiger partial charge in [-0.2, -0.15) is 0 Å². The highest BCUT2D eigenvalue weighted by molar-refractivity contribution is 7.16. The molecule has 4 rings (SSSR count). The molecule has 1 aliphatic rings. The first kappa shape index (κ1) is 19.5. The molecule has 0 aliphatic heterocycles. The first-order chi connectivity index (χ1) is 14.2. The fourth-order valence-electron chi connectivity index (χ4n) is 3.67. The number of amides is 1. The lowest BCUT2D eigenvalue weighted by atomic mass is 10.0. The lowest BCUT2D eigenvalue weighted by molar-refractivity contribution is -0.118. The van der Waals surface area contributed by atoms with E-state index in [-0.39, 0.29) is 11.5 Å². The van der Waals surface area contributed by atoms with Gasteiger partial charge in [-0.15, -0.1) is 17.9 Å². The van der Waals surface area contributed by atoms with E-state index in [1.807, 2.05) is 18.2 Å². The molecular formula is C22H24N4O2S. The van der Waals surface area contributed by atoms with Gasteiger partial charge in [0.05, 0.1) is 22.9 Å². The molecule has 1 aromatic carbocycles. The summed E-state index contributed by atoms with van der Waals surface area (Å²) >= 11 is 1.63. The normalized spacial score (nSPS) is 13.2. The van der Waals surface area contributed by atoms with Gasteiger partial charge in [-0.1, -0.05) is 18.2 Å². The number of benzene rings is 1. The Morgan fingerprint density at radius 2 is 2.10 bits per heavy atom. The van der Waals surface area contributed by atoms with Crippen molar-refractivity contribution in [2.45, 2.75) is 45.1 Å². The molecule has 0 bridgehead atoms. The summed E-state index contributed by atoms with van der Waals surface area (Å²) in [5.74, 6) is 0.0118. The number of nitrogens with zero attached hydrogens (tertiary/aromatic N) is 4. The van der Waals surface area contributed by atoms with Crippen molar-refractivity contribution >= 4 is 33.3 Å². The van der Waals surface area contributed by atoms with E-state index in [1.165, 1.54) is 17.7 Å². The van der Waals surface area contributed by atoms with Crippen LogP contribution in [0.1, 0.15) is 36.3 Å². The smallest absolute Gasteiger partial charge is 0.261 e. The number of carbonyl (C=O) groups excluding carboxylic acids is 1. The lowest BCUT2D eigenvalue weighted by Crippen LogP contribution is -2.31. The van der Waals surface area contributed by atoms with Crippen molar-refractivity contribution in [2.75, 3.05) is 11.4 Å². The van der Waals surface area contributed by atoms with Crippen LogP contribution in [0.3, 0.4) is 0 Å². The van der Waals surface area contributed by atoms with Gasteiger partial charge in [0, 0.05) is 24.4 Å². The second kappa shape index (κ2) is 8.69. The van der Waals surface area contributed by atoms with Gasteiger partial charge in [0.2, 0.25) is 5.91 Å². The van der Waals surface area contributed by atoms with E-state index in [0.29, 0.717) is 36.8 Å². The van der Waals surface area contributed by atoms with Gasteiger partial charge in [0.15, 0.2) is 5.13 Å². The van der Waals surface area contributed by atoms with E-state index in [0.717, 1.165) is 23.7 Å². The molecule has 0 spiro atoms. The second-order valence-electron chi connectivity index (χ2n) is 7.23. The molecule has 2 heterocycles. The van der Waals surface area contributed by atoms with Gasteiger partial charge in [-0.05, 0) is 44.2 Å². The average molecular weight is 409 g/mol. The average Bonchev–Trinajstić information content (AvgIpc) is 3.17. The summed E-state index contributed by atoms with van der Waals surface area (Å²) in [5, 5.41) is 1.37. The van der Waals surface area contributed by atoms with E-state index in [9.17, 15) is 9.59 Å². The van der Waals surface area contributed by atoms with Gasteiger partial charge in [0.1, 0.15) is 0 Å². The third-order valence-electron chi connectivity index (χ3n) is 5.20. The number of rotatable bonds is 7. The summed E-state index contributed by atoms with van der Waals surface area (Å²) in [4.78, 5) is 37.5. The Morgan fingerprint density at radius 3 is 2.93 bits per heavy atom. The molecule has 0 saturated heterocycles. The Morgan fingerprint density at radius 1 is 1.28 bits per heavy atom. The van der Waals surface area contributed by atoms with Crippen molar-refractivity contribution in [1.29, 1.82) is 0 Å². The van der Waals surface area contributed by atoms with Gasteiger partial charge in [-0.3, -0.25) is 19.1 Å². The molecule has 0 saturated carbocycles. The summed E-state index contributed by atoms with van der Waals surface area (Å²) in [5.41, 5.74) is 1.76. The number of fused-ring (bicyclic) bond motifs is 2. The highest BCUT2D eigenvalue weighted by atomic mass is 32.1. The molecule has 1 aliphatic carbocycles. The van der Waals surface area contributed by atoms with E-state index in [1.54, 1.807) is 39.3 Å². The Kier molecular flexibility index (Phi) is 5.85. The number of thiazole rings is 1. The molecule has 2 aromatic heterocycles. The van der Waals surface area contributed by atoms with Gasteiger partial charge in [-0.25, -0.2) is 9.97 Å². The van der Waals surface area contributed by atoms with E-state index < -0.39 is 0 Å². The van der Waals surface area contributed by atoms with Crippen molar-refractivity contribution in [2.24, 2.45) is 0 Å². The summed E-state index contributed by atoms with van der Waals surface area (Å²) in [6, 6.07) is 7.30. The molecule has 150 valence electrons. The van der Waals surface area contributed by atoms with Crippen LogP contribution in [0.25, 0.3) is 10.9 Å². The molecule has 3 aromatic rings. The maximum Gasteiger partial charge on any atom is 0.261 e. The molecule has 1 amide bonds. The van der Waals surface area contributed by atoms with Crippen LogP contribution in [0.4, 0.5) is 5.13 Å². The minimum absolute atomic E-state index is 0.0118. The molecule has 0 unspecified atom stereocenters. The molecule has 6 nitrogen and oxygen atoms in total. The second-order valence-corrected chi connectivity index (χ2v) is 8.29. The summed E-state index contributed by atoms with van der Waals surface area (Å²) in [7, 11) is 0. The molecule has 0 radical (unpaired) electrons. The molecule has 29 heavy (non-hydrogen) atoms. The van der Waals surface area contributed by atoms with Crippen molar-refractivity contribution in [1.82, 2.24) is 14.5 Å². The number of aryl methyl sites for hydroxylation is 3. The van der Waals surface area contributed by atoms with E-state index >= 15 is 0 Å². The van der Waals surface area contributed by atoms with Crippen LogP contribution in [0.5, 0.6) is 0 Å². The molecular weight excluding hydrogens is 384 g/mol. The zero-order valence-electron chi connectivity index (χ0n) is 16.3. The molecule has 0 atom stereocenters. The van der Waals surface area contributed by atoms with Crippen molar-refractivity contribution in [3.8, 4) is 0 Å². The van der Waals surface area contributed by atoms with Crippen molar-refractivity contribution in [3.63, 3.8) is 0 Å². The highest BCUT2D eigenvalue weighted by Gasteiger charge is 2.22. The number of hydrogen-bond donors (Lipinski definition) is 0. The van der Waals surface area contributed by atoms with Crippen LogP contribution in [-0.4, -0.2) is 27.0 Å². The van der Waals surface area contributed by atoms with Crippen LogP contribution in [-0.2, 0) is 24.2 Å². The quantitative estimate of drug-likeness (QED) is 0.559. The Balaban J connectivity index is 1.43. The van der Waals surface area contributed by atoms with Gasteiger partial charge < -0.3 is 0 Å². The Hall–Kier alpha value is -2.80. The van der Waals surface area contributed by atoms with E-state index in [2.05, 4.69) is 11.6 Å². The fourth-order valence-corrected chi connectivity index (χ4v) is 4.85. The van der Waals surface area contributed by atoms with E-state index in [4.69, 9.17) is 4.98 Å². The van der Waals surface area contributed by atoms with Crippen LogP contribution in [0.15, 0.2) is 48.0 Å². The van der Waals surface area contributed by atoms with Gasteiger partial charge >= 0.3 is 0 Å². The van der Waals surface area contributed by atoms with Gasteiger partial charge in [0.25, 0.3) is 5.56 Å². The summed E-state index contributed by atoms with van der Waals surface area (Å²) < 4.78 is 1.58. The number of hydrogen-bond acceptors (Lipinski definition) is 5.